The Morgan fingerprint density at radius 1 is 1.12 bits per heavy atom. The molecule has 1 aromatic carbocycles. The zero-order chi connectivity index (χ0) is 19.4. The Bertz CT molecular complexity index is 669. The van der Waals surface area contributed by atoms with Gasteiger partial charge in [-0.2, -0.15) is 0 Å². The van der Waals surface area contributed by atoms with Gasteiger partial charge in [-0.15, -0.1) is 0 Å². The fourth-order valence-electron chi connectivity index (χ4n) is 2.64. The second kappa shape index (κ2) is 8.43. The van der Waals surface area contributed by atoms with Gasteiger partial charge >= 0.3 is 0 Å². The summed E-state index contributed by atoms with van der Waals surface area (Å²) in [6.07, 6.45) is -6.48. The van der Waals surface area contributed by atoms with Gasteiger partial charge in [0.15, 0.2) is 6.23 Å². The van der Waals surface area contributed by atoms with Crippen LogP contribution in [0.15, 0.2) is 18.2 Å². The molecule has 0 spiro atoms. The Labute approximate surface area is 149 Å². The van der Waals surface area contributed by atoms with E-state index in [1.807, 2.05) is 0 Å². The van der Waals surface area contributed by atoms with E-state index < -0.39 is 37.3 Å². The minimum Gasteiger partial charge on any atom is -0.394 e. The molecule has 2 amide bonds. The number of rotatable bonds is 6. The second-order valence-corrected chi connectivity index (χ2v) is 6.02. The van der Waals surface area contributed by atoms with Crippen LogP contribution in [0.4, 0.5) is 17.1 Å². The fourth-order valence-corrected chi connectivity index (χ4v) is 2.64. The van der Waals surface area contributed by atoms with Gasteiger partial charge in [0.1, 0.15) is 24.4 Å². The molecule has 10 nitrogen and oxygen atoms in total. The monoisotopic (exact) mass is 369 g/mol. The SMILES string of the molecule is CC(=O)Nc1ccc(NC(C)=O)c(N[C@@H]2O[C@H]([C@@H](O)CO)[C@H](O)[C@H]2O)c1. The third-order valence-electron chi connectivity index (χ3n) is 3.82. The highest BCUT2D eigenvalue weighted by Gasteiger charge is 2.46. The molecule has 0 radical (unpaired) electrons. The molecule has 0 aromatic heterocycles. The summed E-state index contributed by atoms with van der Waals surface area (Å²) in [4.78, 5) is 22.6. The number of hydrogen-bond donors (Lipinski definition) is 7. The number of aliphatic hydroxyl groups excluding tert-OH is 4. The Kier molecular flexibility index (Phi) is 6.51. The van der Waals surface area contributed by atoms with Gasteiger partial charge in [0.05, 0.1) is 18.0 Å². The molecule has 5 atom stereocenters. The van der Waals surface area contributed by atoms with Crippen molar-refractivity contribution in [2.75, 3.05) is 22.6 Å². The van der Waals surface area contributed by atoms with Crippen molar-refractivity contribution >= 4 is 28.9 Å². The molecule has 2 rings (SSSR count). The van der Waals surface area contributed by atoms with Crippen molar-refractivity contribution in [3.63, 3.8) is 0 Å². The lowest BCUT2D eigenvalue weighted by atomic mass is 10.1. The third kappa shape index (κ3) is 4.68. The van der Waals surface area contributed by atoms with Gasteiger partial charge in [0, 0.05) is 19.5 Å². The van der Waals surface area contributed by atoms with E-state index in [0.717, 1.165) is 0 Å². The van der Waals surface area contributed by atoms with Crippen LogP contribution in [0.1, 0.15) is 13.8 Å². The normalized spacial score (nSPS) is 26.2. The number of aliphatic hydroxyl groups is 4. The molecule has 10 heteroatoms. The number of anilines is 3. The molecule has 0 unspecified atom stereocenters. The van der Waals surface area contributed by atoms with Crippen molar-refractivity contribution in [1.82, 2.24) is 0 Å². The summed E-state index contributed by atoms with van der Waals surface area (Å²) in [6.45, 7) is 2.02. The van der Waals surface area contributed by atoms with Crippen molar-refractivity contribution < 1.29 is 34.8 Å². The maximum Gasteiger partial charge on any atom is 0.221 e. The van der Waals surface area contributed by atoms with Crippen LogP contribution in [-0.4, -0.2) is 69.5 Å². The minimum atomic E-state index is -1.42. The standard InChI is InChI=1S/C16H23N3O7/c1-7(21)17-9-3-4-10(18-8(2)22)11(5-9)19-16-14(25)13(24)15(26-16)12(23)6-20/h3-5,12-16,19-20,23-25H,6H2,1-2H3,(H,17,21)(H,18,22)/t12-,13+,14+,15+,16+/m0/s1. The Balaban J connectivity index is 2.25. The predicted octanol–water partition coefficient (Wildman–Crippen LogP) is -1.18. The topological polar surface area (TPSA) is 160 Å². The highest BCUT2D eigenvalue weighted by atomic mass is 16.6. The molecule has 1 heterocycles. The lowest BCUT2D eigenvalue weighted by molar-refractivity contribution is -0.115. The van der Waals surface area contributed by atoms with Crippen LogP contribution < -0.4 is 16.0 Å². The molecule has 0 saturated carbocycles. The Hall–Kier alpha value is -2.24. The molecule has 1 fully saturated rings. The summed E-state index contributed by atoms with van der Waals surface area (Å²) in [5.74, 6) is -0.622. The number of nitrogens with one attached hydrogen (secondary N) is 3. The largest absolute Gasteiger partial charge is 0.394 e. The second-order valence-electron chi connectivity index (χ2n) is 6.02. The van der Waals surface area contributed by atoms with Crippen molar-refractivity contribution in [1.29, 1.82) is 0 Å². The van der Waals surface area contributed by atoms with Gasteiger partial charge < -0.3 is 41.1 Å². The van der Waals surface area contributed by atoms with Crippen molar-refractivity contribution in [2.45, 2.75) is 44.5 Å². The summed E-state index contributed by atoms with van der Waals surface area (Å²) in [5.41, 5.74) is 1.12. The maximum atomic E-state index is 11.4. The summed E-state index contributed by atoms with van der Waals surface area (Å²) in [7, 11) is 0. The third-order valence-corrected chi connectivity index (χ3v) is 3.82. The maximum absolute atomic E-state index is 11.4. The van der Waals surface area contributed by atoms with Crippen LogP contribution in [0, 0.1) is 0 Å². The Morgan fingerprint density at radius 2 is 1.77 bits per heavy atom. The molecule has 144 valence electrons. The molecule has 1 saturated heterocycles. The molecular formula is C16H23N3O7. The van der Waals surface area contributed by atoms with Gasteiger partial charge in [-0.05, 0) is 18.2 Å². The molecule has 1 aliphatic rings. The molecular weight excluding hydrogens is 346 g/mol. The average Bonchev–Trinajstić information content (AvgIpc) is 2.84. The highest BCUT2D eigenvalue weighted by Crippen LogP contribution is 2.31. The number of hydrogen-bond acceptors (Lipinski definition) is 8. The zero-order valence-electron chi connectivity index (χ0n) is 14.3. The lowest BCUT2D eigenvalue weighted by Gasteiger charge is -2.21. The first-order valence-electron chi connectivity index (χ1n) is 7.99. The van der Waals surface area contributed by atoms with Gasteiger partial charge in [-0.25, -0.2) is 0 Å². The van der Waals surface area contributed by atoms with Gasteiger partial charge in [0.2, 0.25) is 11.8 Å². The van der Waals surface area contributed by atoms with E-state index in [9.17, 15) is 24.9 Å². The number of carbonyl (C=O) groups excluding carboxylic acids is 2. The molecule has 0 bridgehead atoms. The van der Waals surface area contributed by atoms with E-state index in [-0.39, 0.29) is 11.8 Å². The van der Waals surface area contributed by atoms with Crippen LogP contribution in [0.3, 0.4) is 0 Å². The molecule has 1 aromatic rings. The zero-order valence-corrected chi connectivity index (χ0v) is 14.3. The molecule has 1 aliphatic heterocycles. The smallest absolute Gasteiger partial charge is 0.221 e. The summed E-state index contributed by atoms with van der Waals surface area (Å²) in [6, 6.07) is 4.65. The fraction of sp³-hybridized carbons (Fsp3) is 0.500. The highest BCUT2D eigenvalue weighted by molar-refractivity contribution is 5.95. The van der Waals surface area contributed by atoms with Crippen molar-refractivity contribution in [3.8, 4) is 0 Å². The summed E-state index contributed by atoms with van der Waals surface area (Å²) < 4.78 is 5.40. The van der Waals surface area contributed by atoms with Gasteiger partial charge in [-0.3, -0.25) is 9.59 Å². The average molecular weight is 369 g/mol. The van der Waals surface area contributed by atoms with Gasteiger partial charge in [-0.1, -0.05) is 0 Å². The number of amides is 2. The summed E-state index contributed by atoms with van der Waals surface area (Å²) >= 11 is 0. The number of carbonyl (C=O) groups is 2. The van der Waals surface area contributed by atoms with Crippen molar-refractivity contribution in [3.05, 3.63) is 18.2 Å². The molecule has 7 N–H and O–H groups in total. The van der Waals surface area contributed by atoms with Crippen LogP contribution in [0.2, 0.25) is 0 Å². The van der Waals surface area contributed by atoms with E-state index >= 15 is 0 Å². The van der Waals surface area contributed by atoms with E-state index in [1.54, 1.807) is 12.1 Å². The van der Waals surface area contributed by atoms with Crippen LogP contribution in [0.5, 0.6) is 0 Å². The number of benzene rings is 1. The van der Waals surface area contributed by atoms with Crippen LogP contribution in [-0.2, 0) is 14.3 Å². The van der Waals surface area contributed by atoms with Crippen LogP contribution in [0.25, 0.3) is 0 Å². The number of ether oxygens (including phenoxy) is 1. The molecule has 26 heavy (non-hydrogen) atoms. The van der Waals surface area contributed by atoms with Crippen LogP contribution >= 0.6 is 0 Å². The Morgan fingerprint density at radius 3 is 2.35 bits per heavy atom. The van der Waals surface area contributed by atoms with E-state index in [4.69, 9.17) is 9.84 Å². The van der Waals surface area contributed by atoms with Gasteiger partial charge in [0.25, 0.3) is 0 Å². The summed E-state index contributed by atoms with van der Waals surface area (Å²) in [5, 5.41) is 46.8. The minimum absolute atomic E-state index is 0.290. The van der Waals surface area contributed by atoms with E-state index in [0.29, 0.717) is 17.1 Å². The predicted molar refractivity (Wildman–Crippen MR) is 92.4 cm³/mol. The lowest BCUT2D eigenvalue weighted by Crippen LogP contribution is -2.40. The van der Waals surface area contributed by atoms with E-state index in [1.165, 1.54) is 19.9 Å². The van der Waals surface area contributed by atoms with Crippen molar-refractivity contribution in [2.24, 2.45) is 0 Å². The first-order valence-corrected chi connectivity index (χ1v) is 7.99. The molecule has 0 aliphatic carbocycles. The van der Waals surface area contributed by atoms with E-state index in [2.05, 4.69) is 16.0 Å². The quantitative estimate of drug-likeness (QED) is 0.330. The first kappa shape index (κ1) is 20.1. The first-order chi connectivity index (χ1) is 12.2.